The van der Waals surface area contributed by atoms with E-state index in [4.69, 9.17) is 9.47 Å². The van der Waals surface area contributed by atoms with E-state index in [1.165, 1.54) is 26.2 Å². The predicted molar refractivity (Wildman–Crippen MR) is 156 cm³/mol. The van der Waals surface area contributed by atoms with Gasteiger partial charge in [-0.2, -0.15) is 0 Å². The molecule has 0 radical (unpaired) electrons. The Labute approximate surface area is 235 Å². The number of Topliss-reactive ketones (excluding diaryl/α,β-unsaturated/α-hetero) is 1. The Kier molecular flexibility index (Phi) is 12.1. The summed E-state index contributed by atoms with van der Waals surface area (Å²) in [6.45, 7) is 4.32. The van der Waals surface area contributed by atoms with Crippen LogP contribution < -0.4 is 14.8 Å². The highest BCUT2D eigenvalue weighted by atomic mass is 32.2. The predicted octanol–water partition coefficient (Wildman–Crippen LogP) is 6.91. The summed E-state index contributed by atoms with van der Waals surface area (Å²) in [7, 11) is 0. The lowest BCUT2D eigenvalue weighted by atomic mass is 10.0. The molecule has 3 aromatic carbocycles. The van der Waals surface area contributed by atoms with E-state index in [0.717, 1.165) is 29.1 Å². The maximum atomic E-state index is 12.6. The van der Waals surface area contributed by atoms with Crippen molar-refractivity contribution in [1.82, 2.24) is 5.32 Å². The third-order valence-electron chi connectivity index (χ3n) is 6.33. The molecule has 0 saturated heterocycles. The minimum atomic E-state index is -0.664. The van der Waals surface area contributed by atoms with E-state index in [0.29, 0.717) is 29.9 Å². The van der Waals surface area contributed by atoms with Gasteiger partial charge in [0.2, 0.25) is 0 Å². The van der Waals surface area contributed by atoms with Crippen molar-refractivity contribution in [3.63, 3.8) is 0 Å². The summed E-state index contributed by atoms with van der Waals surface area (Å²) >= 11 is 1.60. The first-order valence-electron chi connectivity index (χ1n) is 13.4. The molecule has 0 bridgehead atoms. The van der Waals surface area contributed by atoms with Crippen LogP contribution in [0.15, 0.2) is 77.7 Å². The zero-order valence-corrected chi connectivity index (χ0v) is 23.7. The van der Waals surface area contributed by atoms with Gasteiger partial charge in [0.1, 0.15) is 11.5 Å². The van der Waals surface area contributed by atoms with Crippen LogP contribution in [0.2, 0.25) is 0 Å². The molecule has 1 N–H and O–H groups in total. The molecule has 3 rings (SSSR count). The van der Waals surface area contributed by atoms with Crippen LogP contribution in [0.25, 0.3) is 0 Å². The Morgan fingerprint density at radius 1 is 0.795 bits per heavy atom. The molecular formula is C32H37NO5S. The molecule has 39 heavy (non-hydrogen) atoms. The lowest BCUT2D eigenvalue weighted by Gasteiger charge is -2.16. The highest BCUT2D eigenvalue weighted by molar-refractivity contribution is 7.98. The van der Waals surface area contributed by atoms with Gasteiger partial charge in [0.05, 0.1) is 18.2 Å². The van der Waals surface area contributed by atoms with Crippen molar-refractivity contribution in [3.05, 3.63) is 89.5 Å². The maximum Gasteiger partial charge on any atom is 0.343 e. The molecule has 0 saturated carbocycles. The molecule has 0 aliphatic rings. The molecule has 0 unspecified atom stereocenters. The molecular weight excluding hydrogens is 510 g/mol. The third kappa shape index (κ3) is 9.91. The fourth-order valence-corrected chi connectivity index (χ4v) is 4.37. The zero-order chi connectivity index (χ0) is 28.0. The zero-order valence-electron chi connectivity index (χ0n) is 22.9. The van der Waals surface area contributed by atoms with Gasteiger partial charge in [-0.05, 0) is 92.2 Å². The average Bonchev–Trinajstić information content (AvgIpc) is 2.95. The number of unbranched alkanes of at least 4 members (excludes halogenated alkanes) is 4. The van der Waals surface area contributed by atoms with Gasteiger partial charge in [0.25, 0.3) is 5.91 Å². The second-order valence-corrected chi connectivity index (χ2v) is 10.3. The molecule has 0 aliphatic carbocycles. The van der Waals surface area contributed by atoms with Crippen LogP contribution in [-0.2, 0) is 11.2 Å². The molecule has 7 heteroatoms. The SMILES string of the molecule is CCCCCCCOc1ccc(C(=O)Oc2ccc(C[C@H](NC(=O)c3ccc(SC)cc3)C(C)=O)cc2)cc1. The van der Waals surface area contributed by atoms with Crippen LogP contribution >= 0.6 is 11.8 Å². The van der Waals surface area contributed by atoms with Crippen molar-refractivity contribution >= 4 is 29.4 Å². The Hall–Kier alpha value is -3.58. The summed E-state index contributed by atoms with van der Waals surface area (Å²) in [6.07, 6.45) is 8.18. The molecule has 1 atom stereocenters. The number of hydrogen-bond donors (Lipinski definition) is 1. The molecule has 0 heterocycles. The van der Waals surface area contributed by atoms with Gasteiger partial charge in [-0.3, -0.25) is 9.59 Å². The summed E-state index contributed by atoms with van der Waals surface area (Å²) in [6, 6.07) is 20.5. The second-order valence-electron chi connectivity index (χ2n) is 9.39. The van der Waals surface area contributed by atoms with E-state index < -0.39 is 12.0 Å². The van der Waals surface area contributed by atoms with E-state index in [-0.39, 0.29) is 11.7 Å². The number of esters is 1. The Bertz CT molecular complexity index is 1210. The number of nitrogens with one attached hydrogen (secondary N) is 1. The molecule has 0 spiro atoms. The van der Waals surface area contributed by atoms with Gasteiger partial charge in [0, 0.05) is 10.5 Å². The number of thioether (sulfide) groups is 1. The molecule has 206 valence electrons. The average molecular weight is 548 g/mol. The molecule has 0 aromatic heterocycles. The van der Waals surface area contributed by atoms with E-state index in [1.54, 1.807) is 72.4 Å². The largest absolute Gasteiger partial charge is 0.494 e. The smallest absolute Gasteiger partial charge is 0.343 e. The van der Waals surface area contributed by atoms with Crippen molar-refractivity contribution in [2.24, 2.45) is 0 Å². The standard InChI is InChI=1S/C32H37NO5S/c1-4-5-6-7-8-21-37-27-17-11-26(12-18-27)32(36)38-28-15-9-24(10-16-28)22-30(23(2)34)33-31(35)25-13-19-29(39-3)20-14-25/h9-20,30H,4-8,21-22H2,1-3H3,(H,33,35)/t30-/m0/s1. The van der Waals surface area contributed by atoms with Crippen LogP contribution in [0, 0.1) is 0 Å². The van der Waals surface area contributed by atoms with Gasteiger partial charge in [-0.25, -0.2) is 4.79 Å². The number of benzene rings is 3. The minimum Gasteiger partial charge on any atom is -0.494 e. The third-order valence-corrected chi connectivity index (χ3v) is 7.07. The first kappa shape index (κ1) is 30.0. The molecule has 1 amide bonds. The first-order chi connectivity index (χ1) is 18.9. The van der Waals surface area contributed by atoms with E-state index in [9.17, 15) is 14.4 Å². The summed E-state index contributed by atoms with van der Waals surface area (Å²) in [4.78, 5) is 38.5. The van der Waals surface area contributed by atoms with Gasteiger partial charge < -0.3 is 14.8 Å². The monoisotopic (exact) mass is 547 g/mol. The summed E-state index contributed by atoms with van der Waals surface area (Å²) in [5, 5.41) is 2.82. The highest BCUT2D eigenvalue weighted by Gasteiger charge is 2.19. The summed E-state index contributed by atoms with van der Waals surface area (Å²) in [5.74, 6) is 0.236. The Balaban J connectivity index is 1.50. The van der Waals surface area contributed by atoms with Gasteiger partial charge in [0.15, 0.2) is 5.78 Å². The van der Waals surface area contributed by atoms with Crippen molar-refractivity contribution < 1.29 is 23.9 Å². The number of rotatable bonds is 15. The van der Waals surface area contributed by atoms with Crippen molar-refractivity contribution in [2.45, 2.75) is 63.3 Å². The number of hydrogen-bond acceptors (Lipinski definition) is 6. The second kappa shape index (κ2) is 15.7. The topological polar surface area (TPSA) is 81.7 Å². The van der Waals surface area contributed by atoms with Crippen LogP contribution in [0.5, 0.6) is 11.5 Å². The normalized spacial score (nSPS) is 11.5. The maximum absolute atomic E-state index is 12.6. The van der Waals surface area contributed by atoms with Gasteiger partial charge in [-0.15, -0.1) is 11.8 Å². The fourth-order valence-electron chi connectivity index (χ4n) is 3.96. The first-order valence-corrected chi connectivity index (χ1v) is 14.6. The summed E-state index contributed by atoms with van der Waals surface area (Å²) < 4.78 is 11.3. The van der Waals surface area contributed by atoms with Crippen molar-refractivity contribution in [3.8, 4) is 11.5 Å². The number of carbonyl (C=O) groups excluding carboxylic acids is 3. The van der Waals surface area contributed by atoms with Crippen LogP contribution in [0.3, 0.4) is 0 Å². The molecule has 0 aliphatic heterocycles. The summed E-state index contributed by atoms with van der Waals surface area (Å²) in [5.41, 5.74) is 1.77. The Morgan fingerprint density at radius 3 is 2.03 bits per heavy atom. The van der Waals surface area contributed by atoms with Gasteiger partial charge in [-0.1, -0.05) is 44.7 Å². The van der Waals surface area contributed by atoms with E-state index >= 15 is 0 Å². The Morgan fingerprint density at radius 2 is 1.41 bits per heavy atom. The lowest BCUT2D eigenvalue weighted by Crippen LogP contribution is -2.41. The van der Waals surface area contributed by atoms with Crippen molar-refractivity contribution in [1.29, 1.82) is 0 Å². The van der Waals surface area contributed by atoms with E-state index in [1.807, 2.05) is 18.4 Å². The molecule has 3 aromatic rings. The van der Waals surface area contributed by atoms with Gasteiger partial charge >= 0.3 is 5.97 Å². The number of amides is 1. The van der Waals surface area contributed by atoms with Crippen molar-refractivity contribution in [2.75, 3.05) is 12.9 Å². The minimum absolute atomic E-state index is 0.136. The van der Waals surface area contributed by atoms with Crippen LogP contribution in [0.1, 0.15) is 72.2 Å². The lowest BCUT2D eigenvalue weighted by molar-refractivity contribution is -0.118. The number of carbonyl (C=O) groups is 3. The van der Waals surface area contributed by atoms with E-state index in [2.05, 4.69) is 12.2 Å². The molecule has 0 fully saturated rings. The fraction of sp³-hybridized carbons (Fsp3) is 0.344. The quantitative estimate of drug-likeness (QED) is 0.0964. The van der Waals surface area contributed by atoms with Crippen LogP contribution in [0.4, 0.5) is 0 Å². The highest BCUT2D eigenvalue weighted by Crippen LogP contribution is 2.19. The van der Waals surface area contributed by atoms with Crippen LogP contribution in [-0.4, -0.2) is 36.6 Å². The molecule has 6 nitrogen and oxygen atoms in total. The number of ketones is 1. The number of ether oxygens (including phenoxy) is 2.